The second kappa shape index (κ2) is 7.49. The fourth-order valence-electron chi connectivity index (χ4n) is 3.83. The van der Waals surface area contributed by atoms with Crippen molar-refractivity contribution in [2.45, 2.75) is 77.4 Å². The molecular formula is C16H31NO. The highest BCUT2D eigenvalue weighted by Crippen LogP contribution is 2.33. The molecule has 106 valence electrons. The van der Waals surface area contributed by atoms with Crippen LogP contribution in [0.2, 0.25) is 0 Å². The molecule has 0 aromatic carbocycles. The van der Waals surface area contributed by atoms with Crippen LogP contribution in [0, 0.1) is 11.8 Å². The topological polar surface area (TPSA) is 21.3 Å². The SMILES string of the molecule is CCNC(CC1CCCCO1)C1CCCC(C)C1. The summed E-state index contributed by atoms with van der Waals surface area (Å²) in [6.07, 6.45) is 11.4. The van der Waals surface area contributed by atoms with Crippen LogP contribution in [0.15, 0.2) is 0 Å². The summed E-state index contributed by atoms with van der Waals surface area (Å²) < 4.78 is 5.93. The third-order valence-electron chi connectivity index (χ3n) is 4.80. The van der Waals surface area contributed by atoms with Crippen molar-refractivity contribution in [2.24, 2.45) is 11.8 Å². The molecule has 2 rings (SSSR count). The van der Waals surface area contributed by atoms with Crippen molar-refractivity contribution in [2.75, 3.05) is 13.2 Å². The number of ether oxygens (including phenoxy) is 1. The van der Waals surface area contributed by atoms with Gasteiger partial charge in [-0.05, 0) is 56.9 Å². The van der Waals surface area contributed by atoms with E-state index in [2.05, 4.69) is 19.2 Å². The van der Waals surface area contributed by atoms with Gasteiger partial charge in [-0.25, -0.2) is 0 Å². The van der Waals surface area contributed by atoms with Crippen molar-refractivity contribution in [3.63, 3.8) is 0 Å². The molecule has 0 aromatic heterocycles. The van der Waals surface area contributed by atoms with Gasteiger partial charge in [-0.3, -0.25) is 0 Å². The molecule has 1 aliphatic carbocycles. The van der Waals surface area contributed by atoms with Crippen molar-refractivity contribution in [3.05, 3.63) is 0 Å². The Balaban J connectivity index is 1.85. The van der Waals surface area contributed by atoms with Gasteiger partial charge in [-0.2, -0.15) is 0 Å². The first-order valence-corrected chi connectivity index (χ1v) is 8.14. The Morgan fingerprint density at radius 1 is 1.17 bits per heavy atom. The number of nitrogens with one attached hydrogen (secondary N) is 1. The van der Waals surface area contributed by atoms with E-state index in [9.17, 15) is 0 Å². The van der Waals surface area contributed by atoms with Gasteiger partial charge in [0.15, 0.2) is 0 Å². The predicted octanol–water partition coefficient (Wildman–Crippen LogP) is 3.75. The summed E-state index contributed by atoms with van der Waals surface area (Å²) in [5, 5.41) is 3.74. The lowest BCUT2D eigenvalue weighted by Crippen LogP contribution is -2.41. The van der Waals surface area contributed by atoms with E-state index >= 15 is 0 Å². The van der Waals surface area contributed by atoms with Crippen LogP contribution in [0.5, 0.6) is 0 Å². The van der Waals surface area contributed by atoms with E-state index < -0.39 is 0 Å². The van der Waals surface area contributed by atoms with E-state index in [1.165, 1.54) is 51.4 Å². The molecule has 4 unspecified atom stereocenters. The average molecular weight is 253 g/mol. The van der Waals surface area contributed by atoms with E-state index in [-0.39, 0.29) is 0 Å². The number of hydrogen-bond donors (Lipinski definition) is 1. The van der Waals surface area contributed by atoms with Crippen LogP contribution in [0.4, 0.5) is 0 Å². The fourth-order valence-corrected chi connectivity index (χ4v) is 3.83. The van der Waals surface area contributed by atoms with Crippen LogP contribution in [0.3, 0.4) is 0 Å². The third-order valence-corrected chi connectivity index (χ3v) is 4.80. The van der Waals surface area contributed by atoms with E-state index in [0.29, 0.717) is 12.1 Å². The summed E-state index contributed by atoms with van der Waals surface area (Å²) in [6.45, 7) is 6.75. The van der Waals surface area contributed by atoms with Crippen LogP contribution in [-0.2, 0) is 4.74 Å². The molecule has 1 heterocycles. The number of hydrogen-bond acceptors (Lipinski definition) is 2. The molecule has 1 aliphatic heterocycles. The van der Waals surface area contributed by atoms with Crippen molar-refractivity contribution in [1.82, 2.24) is 5.32 Å². The fraction of sp³-hybridized carbons (Fsp3) is 1.00. The minimum Gasteiger partial charge on any atom is -0.378 e. The molecule has 1 saturated heterocycles. The molecule has 2 heteroatoms. The van der Waals surface area contributed by atoms with E-state index in [1.54, 1.807) is 0 Å². The normalized spacial score (nSPS) is 35.3. The summed E-state index contributed by atoms with van der Waals surface area (Å²) in [5.41, 5.74) is 0. The van der Waals surface area contributed by atoms with Gasteiger partial charge in [0, 0.05) is 12.6 Å². The molecule has 2 nitrogen and oxygen atoms in total. The van der Waals surface area contributed by atoms with Crippen molar-refractivity contribution in [1.29, 1.82) is 0 Å². The van der Waals surface area contributed by atoms with E-state index in [0.717, 1.165) is 25.0 Å². The van der Waals surface area contributed by atoms with Gasteiger partial charge < -0.3 is 10.1 Å². The minimum atomic E-state index is 0.528. The highest BCUT2D eigenvalue weighted by molar-refractivity contribution is 4.84. The summed E-state index contributed by atoms with van der Waals surface area (Å²) in [4.78, 5) is 0. The lowest BCUT2D eigenvalue weighted by Gasteiger charge is -2.36. The Morgan fingerprint density at radius 2 is 2.06 bits per heavy atom. The van der Waals surface area contributed by atoms with Gasteiger partial charge in [-0.1, -0.05) is 26.7 Å². The maximum Gasteiger partial charge on any atom is 0.0590 e. The smallest absolute Gasteiger partial charge is 0.0590 e. The van der Waals surface area contributed by atoms with Gasteiger partial charge in [0.25, 0.3) is 0 Å². The van der Waals surface area contributed by atoms with Gasteiger partial charge in [0.05, 0.1) is 6.10 Å². The maximum atomic E-state index is 5.93. The second-order valence-corrected chi connectivity index (χ2v) is 6.42. The quantitative estimate of drug-likeness (QED) is 0.805. The molecule has 1 N–H and O–H groups in total. The summed E-state index contributed by atoms with van der Waals surface area (Å²) >= 11 is 0. The van der Waals surface area contributed by atoms with Crippen LogP contribution in [0.25, 0.3) is 0 Å². The largest absolute Gasteiger partial charge is 0.378 e. The standard InChI is InChI=1S/C16H31NO/c1-3-17-16(12-15-9-4-5-10-18-15)14-8-6-7-13(2)11-14/h13-17H,3-12H2,1-2H3. The van der Waals surface area contributed by atoms with Crippen molar-refractivity contribution < 1.29 is 4.74 Å². The first-order chi connectivity index (χ1) is 8.79. The maximum absolute atomic E-state index is 5.93. The molecule has 0 bridgehead atoms. The molecule has 4 atom stereocenters. The summed E-state index contributed by atoms with van der Waals surface area (Å²) in [7, 11) is 0. The lowest BCUT2D eigenvalue weighted by atomic mass is 9.77. The van der Waals surface area contributed by atoms with Gasteiger partial charge in [-0.15, -0.1) is 0 Å². The van der Waals surface area contributed by atoms with Crippen LogP contribution < -0.4 is 5.32 Å². The van der Waals surface area contributed by atoms with Gasteiger partial charge >= 0.3 is 0 Å². The predicted molar refractivity (Wildman–Crippen MR) is 76.8 cm³/mol. The number of rotatable bonds is 5. The minimum absolute atomic E-state index is 0.528. The summed E-state index contributed by atoms with van der Waals surface area (Å²) in [5.74, 6) is 1.82. The first-order valence-electron chi connectivity index (χ1n) is 8.14. The molecule has 1 saturated carbocycles. The lowest BCUT2D eigenvalue weighted by molar-refractivity contribution is -0.00118. The summed E-state index contributed by atoms with van der Waals surface area (Å²) in [6, 6.07) is 0.695. The Kier molecular flexibility index (Phi) is 5.97. The Labute approximate surface area is 113 Å². The highest BCUT2D eigenvalue weighted by atomic mass is 16.5. The Morgan fingerprint density at radius 3 is 2.72 bits per heavy atom. The Hall–Kier alpha value is -0.0800. The highest BCUT2D eigenvalue weighted by Gasteiger charge is 2.28. The second-order valence-electron chi connectivity index (χ2n) is 6.42. The zero-order valence-corrected chi connectivity index (χ0v) is 12.3. The molecule has 2 aliphatic rings. The Bertz CT molecular complexity index is 225. The monoisotopic (exact) mass is 253 g/mol. The van der Waals surface area contributed by atoms with Crippen LogP contribution >= 0.6 is 0 Å². The molecule has 0 amide bonds. The third kappa shape index (κ3) is 4.24. The van der Waals surface area contributed by atoms with Crippen molar-refractivity contribution in [3.8, 4) is 0 Å². The first kappa shape index (κ1) is 14.3. The molecule has 0 spiro atoms. The zero-order valence-electron chi connectivity index (χ0n) is 12.3. The molecule has 2 fully saturated rings. The van der Waals surface area contributed by atoms with E-state index in [1.807, 2.05) is 0 Å². The molecular weight excluding hydrogens is 222 g/mol. The zero-order chi connectivity index (χ0) is 12.8. The molecule has 0 aromatic rings. The van der Waals surface area contributed by atoms with Crippen molar-refractivity contribution >= 4 is 0 Å². The average Bonchev–Trinajstić information content (AvgIpc) is 2.39. The van der Waals surface area contributed by atoms with Crippen LogP contribution in [0.1, 0.15) is 65.2 Å². The molecule has 0 radical (unpaired) electrons. The van der Waals surface area contributed by atoms with Gasteiger partial charge in [0.2, 0.25) is 0 Å². The van der Waals surface area contributed by atoms with Gasteiger partial charge in [0.1, 0.15) is 0 Å². The molecule has 18 heavy (non-hydrogen) atoms. The van der Waals surface area contributed by atoms with Crippen LogP contribution in [-0.4, -0.2) is 25.3 Å². The van der Waals surface area contributed by atoms with E-state index in [4.69, 9.17) is 4.74 Å².